The van der Waals surface area contributed by atoms with Crippen LogP contribution in [0.2, 0.25) is 144 Å². The molecular formula is C34H102O15Si11. The van der Waals surface area contributed by atoms with Crippen LogP contribution in [0.3, 0.4) is 0 Å². The molecule has 0 saturated carbocycles. The molecule has 0 fully saturated rings. The summed E-state index contributed by atoms with van der Waals surface area (Å²) in [7, 11) is -19.8. The average Bonchev–Trinajstić information content (AvgIpc) is 2.87. The van der Waals surface area contributed by atoms with Crippen molar-refractivity contribution >= 4 is 99.6 Å². The van der Waals surface area contributed by atoms with Crippen LogP contribution in [0.5, 0.6) is 0 Å². The highest BCUT2D eigenvalue weighted by molar-refractivity contribution is 7.37. The summed E-state index contributed by atoms with van der Waals surface area (Å²) < 4.78 is 50.5. The van der Waals surface area contributed by atoms with Crippen molar-refractivity contribution in [2.45, 2.75) is 186 Å². The zero-order valence-electron chi connectivity index (χ0n) is 41.9. The average molecular weight is 1060 g/mol. The maximum absolute atomic E-state index is 10.7. The zero-order valence-corrected chi connectivity index (χ0v) is 53.3. The van der Waals surface area contributed by atoms with Gasteiger partial charge in [0.2, 0.25) is 0 Å². The lowest BCUT2D eigenvalue weighted by Crippen LogP contribution is -2.66. The van der Waals surface area contributed by atoms with Crippen molar-refractivity contribution in [1.29, 1.82) is 0 Å². The van der Waals surface area contributed by atoms with Gasteiger partial charge in [-0.25, -0.2) is 4.79 Å². The minimum Gasteiger partial charge on any atom is -0.462 e. The fourth-order valence-electron chi connectivity index (χ4n) is 4.46. The molecule has 372 valence electrons. The molecule has 26 heteroatoms. The lowest BCUT2D eigenvalue weighted by atomic mass is 10.3. The molecule has 0 spiro atoms. The van der Waals surface area contributed by atoms with E-state index < -0.39 is 84.2 Å². The van der Waals surface area contributed by atoms with Crippen LogP contribution in [0, 0.1) is 0 Å². The number of unbranched alkanes of at least 4 members (excludes halogenated alkanes) is 1. The van der Waals surface area contributed by atoms with Crippen LogP contribution in [0.1, 0.15) is 41.5 Å². The Morgan fingerprint density at radius 3 is 0.917 bits per heavy atom. The summed E-state index contributed by atoms with van der Waals surface area (Å²) in [5.41, 5.74) is 0.469. The van der Waals surface area contributed by atoms with Gasteiger partial charge in [-0.3, -0.25) is 0 Å². The van der Waals surface area contributed by atoms with Gasteiger partial charge >= 0.3 is 74.5 Å². The standard InChI is InChI=1S/C10H32O6Si5.C8H26O4Si4.C8H14O2.C4H12O2Si.C2H8Si.2CH4.H2O/c1-17(2,11)13-19(5,6)15-21(9,10)16-20(7,8)14-18(3,4)12;1-13(2,9)11-15(5,6)16(7,8)12-14(3,4)10;1-4-5-6-10-8(9)7(2)3;1-5-7(3,4)6-2;1-3-2;;;/h11-12H,1-10H3;9-10H,1-8H3;2,4-6H2,1,3H3;1-4H3;3H2,1-2H3;2*1H4;1H2. The van der Waals surface area contributed by atoms with Crippen LogP contribution in [0.25, 0.3) is 0 Å². The molecule has 0 aliphatic rings. The molecule has 0 unspecified atom stereocenters. The predicted octanol–water partition coefficient (Wildman–Crippen LogP) is 8.03. The third-order valence-electron chi connectivity index (χ3n) is 6.50. The molecule has 0 aromatic rings. The number of carbonyl (C=O) groups is 1. The monoisotopic (exact) mass is 1060 g/mol. The largest absolute Gasteiger partial charge is 0.462 e. The minimum atomic E-state index is -2.64. The Balaban J connectivity index is -0.000000102. The Hall–Kier alpha value is 1.08. The highest BCUT2D eigenvalue weighted by Gasteiger charge is 2.50. The van der Waals surface area contributed by atoms with Crippen molar-refractivity contribution in [3.63, 3.8) is 0 Å². The fraction of sp³-hybridized carbons (Fsp3) is 0.912. The molecule has 0 bridgehead atoms. The van der Waals surface area contributed by atoms with Gasteiger partial charge in [0, 0.05) is 29.3 Å². The van der Waals surface area contributed by atoms with E-state index in [1.807, 2.05) is 52.4 Å². The van der Waals surface area contributed by atoms with E-state index in [9.17, 15) is 24.0 Å². The molecule has 60 heavy (non-hydrogen) atoms. The summed E-state index contributed by atoms with van der Waals surface area (Å²) in [6.45, 7) is 50.0. The van der Waals surface area contributed by atoms with E-state index >= 15 is 0 Å². The highest BCUT2D eigenvalue weighted by atomic mass is 29.3. The zero-order chi connectivity index (χ0) is 47.3. The van der Waals surface area contributed by atoms with E-state index in [-0.39, 0.29) is 26.3 Å². The van der Waals surface area contributed by atoms with Gasteiger partial charge in [0.05, 0.1) is 6.61 Å². The molecule has 0 aliphatic heterocycles. The van der Waals surface area contributed by atoms with E-state index in [1.165, 1.54) is 0 Å². The van der Waals surface area contributed by atoms with Gasteiger partial charge in [-0.05, 0) is 144 Å². The molecule has 0 heterocycles. The predicted molar refractivity (Wildman–Crippen MR) is 282 cm³/mol. The molecule has 15 nitrogen and oxygen atoms in total. The summed E-state index contributed by atoms with van der Waals surface area (Å²) >= 11 is 0. The third kappa shape index (κ3) is 53.4. The number of esters is 1. The molecule has 6 N–H and O–H groups in total. The first-order valence-corrected chi connectivity index (χ1v) is 52.1. The summed E-state index contributed by atoms with van der Waals surface area (Å²) in [5, 5.41) is 0. The van der Waals surface area contributed by atoms with Crippen molar-refractivity contribution in [2.75, 3.05) is 20.8 Å². The number of ether oxygens (including phenoxy) is 1. The van der Waals surface area contributed by atoms with Crippen molar-refractivity contribution in [3.8, 4) is 0 Å². The lowest BCUT2D eigenvalue weighted by molar-refractivity contribution is -0.139. The van der Waals surface area contributed by atoms with Crippen molar-refractivity contribution in [3.05, 3.63) is 12.2 Å². The second-order valence-electron chi connectivity index (χ2n) is 18.4. The van der Waals surface area contributed by atoms with Crippen LogP contribution in [0.15, 0.2) is 12.2 Å². The minimum absolute atomic E-state index is 0. The maximum atomic E-state index is 10.7. The molecule has 0 aliphatic carbocycles. The van der Waals surface area contributed by atoms with Crippen LogP contribution in [-0.2, 0) is 43.1 Å². The number of carbonyl (C=O) groups excluding carboxylic acids is 1. The Morgan fingerprint density at radius 2 is 0.750 bits per heavy atom. The van der Waals surface area contributed by atoms with Crippen molar-refractivity contribution in [1.82, 2.24) is 0 Å². The normalized spacial score (nSPS) is 12.7. The van der Waals surface area contributed by atoms with Crippen LogP contribution >= 0.6 is 0 Å². The molecule has 0 aromatic carbocycles. The second-order valence-corrected chi connectivity index (χ2v) is 61.6. The smallest absolute Gasteiger partial charge is 0.333 e. The van der Waals surface area contributed by atoms with E-state index in [4.69, 9.17) is 38.3 Å². The Kier molecular flexibility index (Phi) is 42.6. The van der Waals surface area contributed by atoms with E-state index in [0.717, 1.165) is 12.8 Å². The lowest BCUT2D eigenvalue weighted by Gasteiger charge is -2.42. The molecule has 0 saturated heterocycles. The van der Waals surface area contributed by atoms with Gasteiger partial charge in [-0.15, -0.1) is 0 Å². The van der Waals surface area contributed by atoms with Gasteiger partial charge in [0.1, 0.15) is 0 Å². The van der Waals surface area contributed by atoms with E-state index in [1.54, 1.807) is 73.5 Å². The van der Waals surface area contributed by atoms with Crippen LogP contribution < -0.4 is 0 Å². The Bertz CT molecular complexity index is 1040. The van der Waals surface area contributed by atoms with Gasteiger partial charge in [-0.1, -0.05) is 47.9 Å². The van der Waals surface area contributed by atoms with Gasteiger partial charge in [-0.2, -0.15) is 0 Å². The van der Waals surface area contributed by atoms with Gasteiger partial charge < -0.3 is 62.9 Å². The number of rotatable bonds is 19. The highest BCUT2D eigenvalue weighted by Crippen LogP contribution is 2.27. The topological polar surface area (TPSA) is 213 Å². The Labute approximate surface area is 383 Å². The van der Waals surface area contributed by atoms with Crippen LogP contribution in [-0.4, -0.2) is 145 Å². The molecule has 0 amide bonds. The Morgan fingerprint density at radius 1 is 0.517 bits per heavy atom. The summed E-state index contributed by atoms with van der Waals surface area (Å²) in [6, 6.07) is 0. The first kappa shape index (κ1) is 78.2. The fourth-order valence-corrected chi connectivity index (χ4v) is 46.2. The maximum Gasteiger partial charge on any atom is 0.333 e. The summed E-state index contributed by atoms with van der Waals surface area (Å²) in [6.07, 6.45) is 1.97. The molecule has 0 rings (SSSR count). The summed E-state index contributed by atoms with van der Waals surface area (Å²) in [5.74, 6) is -0.284. The van der Waals surface area contributed by atoms with E-state index in [0.29, 0.717) is 21.7 Å². The second kappa shape index (κ2) is 32.7. The SMILES string of the molecule is C.C.C=C(C)C(=O)OCCCC.CO[Si](C)(C)OC.C[SiH2]C.C[Si](C)(O)O[Si](C)(C)O[Si](C)(C)O[Si](C)(C)O[Si](C)(C)O.C[Si](C)(O)O[Si](C)(C)[Si](C)(C)O[Si](C)(C)O.O. The first-order valence-electron chi connectivity index (χ1n) is 19.7. The molecule has 0 aromatic heterocycles. The summed E-state index contributed by atoms with van der Waals surface area (Å²) in [4.78, 5) is 50.3. The quantitative estimate of drug-likeness (QED) is 0.0418. The first-order chi connectivity index (χ1) is 24.7. The number of hydrogen-bond acceptors (Lipinski definition) is 14. The third-order valence-corrected chi connectivity index (χ3v) is 45.8. The van der Waals surface area contributed by atoms with Gasteiger partial charge in [0.25, 0.3) is 0 Å². The molecule has 0 atom stereocenters. The van der Waals surface area contributed by atoms with E-state index in [2.05, 4.69) is 52.8 Å². The van der Waals surface area contributed by atoms with Crippen LogP contribution in [0.4, 0.5) is 0 Å². The van der Waals surface area contributed by atoms with Crippen molar-refractivity contribution < 1.29 is 67.7 Å². The number of hydrogen-bond donors (Lipinski definition) is 4. The molecule has 0 radical (unpaired) electrons. The van der Waals surface area contributed by atoms with Crippen molar-refractivity contribution in [2.24, 2.45) is 0 Å². The molecular weight excluding hydrogens is 957 g/mol. The van der Waals surface area contributed by atoms with Gasteiger partial charge in [0.15, 0.2) is 15.7 Å².